The van der Waals surface area contributed by atoms with Crippen LogP contribution in [0.2, 0.25) is 0 Å². The number of rotatable bonds is 5. The van der Waals surface area contributed by atoms with Crippen LogP contribution in [-0.4, -0.2) is 0 Å². The lowest BCUT2D eigenvalue weighted by Crippen LogP contribution is -1.94. The van der Waals surface area contributed by atoms with Gasteiger partial charge in [-0.2, -0.15) is 0 Å². The molecule has 134 valence electrons. The lowest BCUT2D eigenvalue weighted by molar-refractivity contribution is 0.668. The lowest BCUT2D eigenvalue weighted by Gasteiger charge is -2.15. The molecule has 1 heterocycles. The molecule has 0 aliphatic rings. The van der Waals surface area contributed by atoms with E-state index in [1.54, 1.807) is 0 Å². The number of allylic oxidation sites excluding steroid dienone is 5. The minimum absolute atomic E-state index is 0.942. The Kier molecular flexibility index (Phi) is 5.18. The number of hydrogen-bond donors (Lipinski definition) is 0. The lowest BCUT2D eigenvalue weighted by atomic mass is 9.90. The molecule has 1 heteroatoms. The van der Waals surface area contributed by atoms with E-state index in [0.717, 1.165) is 24.0 Å². The van der Waals surface area contributed by atoms with Gasteiger partial charge >= 0.3 is 0 Å². The SMILES string of the molecule is C=C(CCC)/C(=C\C(C)=C(C)C)c1cc2oc3ccccc3c2cc1C. The Labute approximate surface area is 156 Å². The number of benzene rings is 2. The van der Waals surface area contributed by atoms with Crippen LogP contribution < -0.4 is 0 Å². The fourth-order valence-corrected chi connectivity index (χ4v) is 3.34. The van der Waals surface area contributed by atoms with Crippen LogP contribution in [0.4, 0.5) is 0 Å². The molecular weight excluding hydrogens is 316 g/mol. The summed E-state index contributed by atoms with van der Waals surface area (Å²) in [6.07, 6.45) is 4.37. The van der Waals surface area contributed by atoms with Crippen LogP contribution in [0.15, 0.2) is 70.2 Å². The zero-order chi connectivity index (χ0) is 18.8. The summed E-state index contributed by atoms with van der Waals surface area (Å²) in [7, 11) is 0. The molecule has 2 aromatic carbocycles. The fraction of sp³-hybridized carbons (Fsp3) is 0.280. The first-order chi connectivity index (χ1) is 12.4. The second-order valence-corrected chi connectivity index (χ2v) is 7.36. The van der Waals surface area contributed by atoms with Crippen LogP contribution in [0.25, 0.3) is 27.5 Å². The zero-order valence-electron chi connectivity index (χ0n) is 16.6. The van der Waals surface area contributed by atoms with Crippen LogP contribution in [0.5, 0.6) is 0 Å². The number of para-hydroxylation sites is 1. The standard InChI is InChI=1S/C25H28O/c1-7-10-17(4)21(13-18(5)16(2)3)22-15-25-23(14-19(22)6)20-11-8-9-12-24(20)26-25/h8-9,11-15H,4,7,10H2,1-3,5-6H3/b21-13+. The van der Waals surface area contributed by atoms with Crippen LogP contribution >= 0.6 is 0 Å². The van der Waals surface area contributed by atoms with Gasteiger partial charge in [0.15, 0.2) is 0 Å². The van der Waals surface area contributed by atoms with E-state index in [0.29, 0.717) is 0 Å². The first kappa shape index (κ1) is 18.3. The maximum Gasteiger partial charge on any atom is 0.136 e. The predicted octanol–water partition coefficient (Wildman–Crippen LogP) is 7.99. The number of furan rings is 1. The van der Waals surface area contributed by atoms with Gasteiger partial charge < -0.3 is 4.42 Å². The number of fused-ring (bicyclic) bond motifs is 3. The topological polar surface area (TPSA) is 13.1 Å². The van der Waals surface area contributed by atoms with Crippen molar-refractivity contribution in [2.45, 2.75) is 47.5 Å². The molecule has 1 nitrogen and oxygen atoms in total. The Morgan fingerprint density at radius 1 is 1.04 bits per heavy atom. The first-order valence-electron chi connectivity index (χ1n) is 9.38. The number of hydrogen-bond acceptors (Lipinski definition) is 1. The van der Waals surface area contributed by atoms with Gasteiger partial charge in [0.25, 0.3) is 0 Å². The second-order valence-electron chi connectivity index (χ2n) is 7.36. The first-order valence-corrected chi connectivity index (χ1v) is 9.38. The van der Waals surface area contributed by atoms with E-state index in [1.165, 1.54) is 44.2 Å². The molecule has 0 radical (unpaired) electrons. The van der Waals surface area contributed by atoms with E-state index in [1.807, 2.05) is 12.1 Å². The Hall–Kier alpha value is -2.54. The van der Waals surface area contributed by atoms with Crippen LogP contribution in [0.1, 0.15) is 51.7 Å². The monoisotopic (exact) mass is 344 g/mol. The molecule has 0 N–H and O–H groups in total. The highest BCUT2D eigenvalue weighted by Crippen LogP contribution is 2.36. The fourth-order valence-electron chi connectivity index (χ4n) is 3.34. The van der Waals surface area contributed by atoms with Crippen molar-refractivity contribution in [3.8, 4) is 0 Å². The predicted molar refractivity (Wildman–Crippen MR) is 115 cm³/mol. The third-order valence-corrected chi connectivity index (χ3v) is 5.10. The molecule has 3 rings (SSSR count). The normalized spacial score (nSPS) is 12.0. The minimum Gasteiger partial charge on any atom is -0.456 e. The highest BCUT2D eigenvalue weighted by molar-refractivity contribution is 6.06. The molecular formula is C25H28O. The maximum absolute atomic E-state index is 6.12. The molecule has 0 aliphatic carbocycles. The van der Waals surface area contributed by atoms with E-state index in [-0.39, 0.29) is 0 Å². The van der Waals surface area contributed by atoms with Gasteiger partial charge in [0.05, 0.1) is 0 Å². The molecule has 0 bridgehead atoms. The van der Waals surface area contributed by atoms with Gasteiger partial charge in [-0.3, -0.25) is 0 Å². The quantitative estimate of drug-likeness (QED) is 0.427. The molecule has 26 heavy (non-hydrogen) atoms. The molecule has 0 fully saturated rings. The summed E-state index contributed by atoms with van der Waals surface area (Å²) in [5.41, 5.74) is 9.40. The van der Waals surface area contributed by atoms with Gasteiger partial charge in [-0.05, 0) is 74.6 Å². The largest absolute Gasteiger partial charge is 0.456 e. The molecule has 0 spiro atoms. The number of aryl methyl sites for hydroxylation is 1. The van der Waals surface area contributed by atoms with E-state index >= 15 is 0 Å². The van der Waals surface area contributed by atoms with Crippen molar-refractivity contribution in [3.63, 3.8) is 0 Å². The molecule has 0 atom stereocenters. The van der Waals surface area contributed by atoms with Crippen molar-refractivity contribution in [2.75, 3.05) is 0 Å². The third kappa shape index (κ3) is 3.39. The molecule has 1 aromatic heterocycles. The van der Waals surface area contributed by atoms with E-state index in [2.05, 4.69) is 71.5 Å². The zero-order valence-corrected chi connectivity index (χ0v) is 16.6. The average molecular weight is 344 g/mol. The Morgan fingerprint density at radius 2 is 1.77 bits per heavy atom. The second kappa shape index (κ2) is 7.37. The summed E-state index contributed by atoms with van der Waals surface area (Å²) in [6.45, 7) is 15.2. The van der Waals surface area contributed by atoms with Crippen LogP contribution in [-0.2, 0) is 0 Å². The molecule has 3 aromatic rings. The van der Waals surface area contributed by atoms with Gasteiger partial charge in [0.2, 0.25) is 0 Å². The van der Waals surface area contributed by atoms with Crippen molar-refractivity contribution >= 4 is 27.5 Å². The summed E-state index contributed by atoms with van der Waals surface area (Å²) in [5.74, 6) is 0. The molecule has 0 aliphatic heterocycles. The Balaban J connectivity index is 2.24. The molecule has 0 unspecified atom stereocenters. The third-order valence-electron chi connectivity index (χ3n) is 5.10. The summed E-state index contributed by atoms with van der Waals surface area (Å²) in [5, 5.41) is 2.36. The minimum atomic E-state index is 0.942. The highest BCUT2D eigenvalue weighted by Gasteiger charge is 2.14. The summed E-state index contributed by atoms with van der Waals surface area (Å²) >= 11 is 0. The van der Waals surface area contributed by atoms with E-state index in [4.69, 9.17) is 4.42 Å². The molecule has 0 amide bonds. The summed E-state index contributed by atoms with van der Waals surface area (Å²) in [4.78, 5) is 0. The van der Waals surface area contributed by atoms with E-state index < -0.39 is 0 Å². The van der Waals surface area contributed by atoms with Gasteiger partial charge in [-0.1, -0.05) is 55.3 Å². The Bertz CT molecular complexity index is 1040. The highest BCUT2D eigenvalue weighted by atomic mass is 16.3. The van der Waals surface area contributed by atoms with Crippen LogP contribution in [0.3, 0.4) is 0 Å². The van der Waals surface area contributed by atoms with Gasteiger partial charge in [0.1, 0.15) is 11.2 Å². The van der Waals surface area contributed by atoms with Crippen molar-refractivity contribution in [1.82, 2.24) is 0 Å². The van der Waals surface area contributed by atoms with Crippen molar-refractivity contribution in [1.29, 1.82) is 0 Å². The maximum atomic E-state index is 6.12. The summed E-state index contributed by atoms with van der Waals surface area (Å²) < 4.78 is 6.12. The van der Waals surface area contributed by atoms with Gasteiger partial charge in [-0.25, -0.2) is 0 Å². The molecule has 0 saturated heterocycles. The smallest absolute Gasteiger partial charge is 0.136 e. The molecule has 0 saturated carbocycles. The summed E-state index contributed by atoms with van der Waals surface area (Å²) in [6, 6.07) is 12.7. The van der Waals surface area contributed by atoms with Crippen LogP contribution in [0, 0.1) is 6.92 Å². The van der Waals surface area contributed by atoms with Gasteiger partial charge in [-0.15, -0.1) is 0 Å². The van der Waals surface area contributed by atoms with E-state index in [9.17, 15) is 0 Å². The van der Waals surface area contributed by atoms with Crippen molar-refractivity contribution in [3.05, 3.63) is 76.9 Å². The Morgan fingerprint density at radius 3 is 2.46 bits per heavy atom. The van der Waals surface area contributed by atoms with Crippen molar-refractivity contribution in [2.24, 2.45) is 0 Å². The average Bonchev–Trinajstić information content (AvgIpc) is 2.96. The van der Waals surface area contributed by atoms with Crippen molar-refractivity contribution < 1.29 is 4.42 Å². The van der Waals surface area contributed by atoms with Gasteiger partial charge in [0, 0.05) is 10.8 Å².